The van der Waals surface area contributed by atoms with Gasteiger partial charge in [-0.15, -0.1) is 0 Å². The number of aliphatic carboxylic acids is 2. The zero-order chi connectivity index (χ0) is 11.6. The predicted octanol–water partition coefficient (Wildman–Crippen LogP) is 0.329. The van der Waals surface area contributed by atoms with Crippen LogP contribution in [-0.2, 0) is 9.59 Å². The minimum absolute atomic E-state index is 0.0369. The maximum atomic E-state index is 10.8. The van der Waals surface area contributed by atoms with Gasteiger partial charge in [-0.2, -0.15) is 0 Å². The summed E-state index contributed by atoms with van der Waals surface area (Å²) in [7, 11) is 0. The Hall–Kier alpha value is -1.88. The van der Waals surface area contributed by atoms with E-state index in [9.17, 15) is 14.7 Å². The molecule has 1 atom stereocenters. The van der Waals surface area contributed by atoms with Crippen LogP contribution in [0.1, 0.15) is 6.92 Å². The zero-order valence-corrected chi connectivity index (χ0v) is 7.97. The Labute approximate surface area is 85.7 Å². The average molecular weight is 210 g/mol. The van der Waals surface area contributed by atoms with Crippen LogP contribution < -0.4 is 0 Å². The van der Waals surface area contributed by atoms with E-state index in [1.807, 2.05) is 0 Å². The molecule has 3 N–H and O–H groups in total. The Morgan fingerprint density at radius 2 is 2.00 bits per heavy atom. The molecule has 5 heteroatoms. The number of carboxylic acid groups (broad SMARTS) is 2. The first kappa shape index (κ1) is 11.2. The van der Waals surface area contributed by atoms with Crippen molar-refractivity contribution in [3.8, 4) is 0 Å². The largest absolute Gasteiger partial charge is 0.479 e. The maximum Gasteiger partial charge on any atom is 0.344 e. The minimum Gasteiger partial charge on any atom is -0.479 e. The summed E-state index contributed by atoms with van der Waals surface area (Å²) in [5.74, 6) is -2.61. The van der Waals surface area contributed by atoms with Crippen LogP contribution in [0.5, 0.6) is 0 Å². The van der Waals surface area contributed by atoms with Gasteiger partial charge in [-0.3, -0.25) is 0 Å². The topological polar surface area (TPSA) is 94.8 Å². The molecule has 1 aliphatic rings. The highest BCUT2D eigenvalue weighted by Gasteiger charge is 2.38. The van der Waals surface area contributed by atoms with Gasteiger partial charge >= 0.3 is 11.9 Å². The summed E-state index contributed by atoms with van der Waals surface area (Å²) in [5.41, 5.74) is -2.16. The molecule has 1 rings (SSSR count). The van der Waals surface area contributed by atoms with E-state index in [0.717, 1.165) is 18.2 Å². The Morgan fingerprint density at radius 1 is 1.40 bits per heavy atom. The SMILES string of the molecule is CC=C1C=C(C(=O)O)C=CC1(O)C(=O)O. The van der Waals surface area contributed by atoms with Gasteiger partial charge in [-0.1, -0.05) is 6.08 Å². The number of hydrogen-bond acceptors (Lipinski definition) is 3. The first-order valence-corrected chi connectivity index (χ1v) is 4.18. The van der Waals surface area contributed by atoms with Crippen LogP contribution >= 0.6 is 0 Å². The number of carboxylic acids is 2. The molecule has 0 amide bonds. The third-order valence-corrected chi connectivity index (χ3v) is 2.14. The molecular formula is C10H10O5. The molecule has 15 heavy (non-hydrogen) atoms. The van der Waals surface area contributed by atoms with Crippen LogP contribution in [0.25, 0.3) is 0 Å². The summed E-state index contributed by atoms with van der Waals surface area (Å²) in [5, 5.41) is 27.2. The molecule has 5 nitrogen and oxygen atoms in total. The van der Waals surface area contributed by atoms with Crippen molar-refractivity contribution < 1.29 is 24.9 Å². The minimum atomic E-state index is -2.13. The summed E-state index contributed by atoms with van der Waals surface area (Å²) in [6.07, 6.45) is 4.52. The van der Waals surface area contributed by atoms with E-state index in [1.54, 1.807) is 0 Å². The van der Waals surface area contributed by atoms with E-state index in [-0.39, 0.29) is 11.1 Å². The number of carbonyl (C=O) groups is 2. The van der Waals surface area contributed by atoms with Gasteiger partial charge in [0.25, 0.3) is 0 Å². The molecule has 0 aromatic rings. The van der Waals surface area contributed by atoms with E-state index < -0.39 is 17.5 Å². The van der Waals surface area contributed by atoms with E-state index >= 15 is 0 Å². The number of aliphatic hydroxyl groups is 1. The third kappa shape index (κ3) is 1.82. The summed E-state index contributed by atoms with van der Waals surface area (Å²) >= 11 is 0. The molecule has 0 saturated heterocycles. The Kier molecular flexibility index (Phi) is 2.76. The predicted molar refractivity (Wildman–Crippen MR) is 51.2 cm³/mol. The van der Waals surface area contributed by atoms with E-state index in [2.05, 4.69) is 0 Å². The van der Waals surface area contributed by atoms with E-state index in [4.69, 9.17) is 10.2 Å². The molecule has 0 radical (unpaired) electrons. The summed E-state index contributed by atoms with van der Waals surface area (Å²) in [4.78, 5) is 21.4. The van der Waals surface area contributed by atoms with Crippen molar-refractivity contribution >= 4 is 11.9 Å². The van der Waals surface area contributed by atoms with Gasteiger partial charge in [0.15, 0.2) is 0 Å². The van der Waals surface area contributed by atoms with E-state index in [0.29, 0.717) is 0 Å². The number of allylic oxidation sites excluding steroid dienone is 1. The second-order valence-electron chi connectivity index (χ2n) is 3.05. The molecule has 1 aliphatic carbocycles. The van der Waals surface area contributed by atoms with Crippen LogP contribution in [-0.4, -0.2) is 32.9 Å². The van der Waals surface area contributed by atoms with Crippen LogP contribution in [0.15, 0.2) is 35.5 Å². The van der Waals surface area contributed by atoms with Gasteiger partial charge in [0.05, 0.1) is 5.57 Å². The fourth-order valence-electron chi connectivity index (χ4n) is 1.26. The number of hydrogen-bond donors (Lipinski definition) is 3. The molecule has 0 heterocycles. The fraction of sp³-hybridized carbons (Fsp3) is 0.200. The van der Waals surface area contributed by atoms with Gasteiger partial charge in [-0.05, 0) is 30.7 Å². The highest BCUT2D eigenvalue weighted by Crippen LogP contribution is 2.27. The lowest BCUT2D eigenvalue weighted by Crippen LogP contribution is -2.39. The molecule has 80 valence electrons. The van der Waals surface area contributed by atoms with Crippen molar-refractivity contribution in [3.05, 3.63) is 35.5 Å². The molecular weight excluding hydrogens is 200 g/mol. The van der Waals surface area contributed by atoms with Crippen molar-refractivity contribution in [3.63, 3.8) is 0 Å². The number of rotatable bonds is 2. The smallest absolute Gasteiger partial charge is 0.344 e. The van der Waals surface area contributed by atoms with Crippen molar-refractivity contribution in [2.24, 2.45) is 0 Å². The van der Waals surface area contributed by atoms with Gasteiger partial charge in [0.1, 0.15) is 0 Å². The third-order valence-electron chi connectivity index (χ3n) is 2.14. The monoisotopic (exact) mass is 210 g/mol. The highest BCUT2D eigenvalue weighted by molar-refractivity contribution is 5.94. The standard InChI is InChI=1S/C10H10O5/c1-2-7-5-6(8(11)12)3-4-10(7,15)9(13)14/h2-5,15H,1H3,(H,11,12)(H,13,14). The van der Waals surface area contributed by atoms with Crippen LogP contribution in [0.2, 0.25) is 0 Å². The normalized spacial score (nSPS) is 27.6. The van der Waals surface area contributed by atoms with Crippen molar-refractivity contribution in [2.75, 3.05) is 0 Å². The summed E-state index contributed by atoms with van der Waals surface area (Å²) in [6, 6.07) is 0. The first-order chi connectivity index (χ1) is 6.91. The van der Waals surface area contributed by atoms with Gasteiger partial charge in [0.2, 0.25) is 5.60 Å². The quantitative estimate of drug-likeness (QED) is 0.610. The maximum absolute atomic E-state index is 10.8. The molecule has 0 bridgehead atoms. The molecule has 1 unspecified atom stereocenters. The van der Waals surface area contributed by atoms with Crippen molar-refractivity contribution in [1.29, 1.82) is 0 Å². The average Bonchev–Trinajstić information content (AvgIpc) is 2.17. The lowest BCUT2D eigenvalue weighted by molar-refractivity contribution is -0.150. The molecule has 0 saturated carbocycles. The first-order valence-electron chi connectivity index (χ1n) is 4.18. The molecule has 0 spiro atoms. The Morgan fingerprint density at radius 3 is 2.40 bits per heavy atom. The van der Waals surface area contributed by atoms with Crippen molar-refractivity contribution in [1.82, 2.24) is 0 Å². The summed E-state index contributed by atoms with van der Waals surface area (Å²) in [6.45, 7) is 1.53. The Balaban J connectivity index is 3.21. The van der Waals surface area contributed by atoms with Gasteiger partial charge < -0.3 is 15.3 Å². The fourth-order valence-corrected chi connectivity index (χ4v) is 1.26. The Bertz CT molecular complexity index is 402. The lowest BCUT2D eigenvalue weighted by atomic mass is 9.87. The molecule has 0 fully saturated rings. The molecule has 0 aromatic heterocycles. The second kappa shape index (κ2) is 3.70. The van der Waals surface area contributed by atoms with Crippen LogP contribution in [0, 0.1) is 0 Å². The lowest BCUT2D eigenvalue weighted by Gasteiger charge is -2.24. The van der Waals surface area contributed by atoms with Crippen LogP contribution in [0.4, 0.5) is 0 Å². The van der Waals surface area contributed by atoms with Crippen molar-refractivity contribution in [2.45, 2.75) is 12.5 Å². The van der Waals surface area contributed by atoms with Crippen LogP contribution in [0.3, 0.4) is 0 Å². The van der Waals surface area contributed by atoms with Gasteiger partial charge in [0, 0.05) is 0 Å². The summed E-state index contributed by atoms with van der Waals surface area (Å²) < 4.78 is 0. The van der Waals surface area contributed by atoms with E-state index in [1.165, 1.54) is 13.0 Å². The van der Waals surface area contributed by atoms with Gasteiger partial charge in [-0.25, -0.2) is 9.59 Å². The highest BCUT2D eigenvalue weighted by atomic mass is 16.4. The zero-order valence-electron chi connectivity index (χ0n) is 7.97. The second-order valence-corrected chi connectivity index (χ2v) is 3.05. The molecule has 0 aliphatic heterocycles. The molecule has 0 aromatic carbocycles.